The minimum atomic E-state index is -0.966. The lowest BCUT2D eigenvalue weighted by Gasteiger charge is -2.21. The fourth-order valence-corrected chi connectivity index (χ4v) is 2.70. The summed E-state index contributed by atoms with van der Waals surface area (Å²) in [4.78, 5) is 0. The van der Waals surface area contributed by atoms with Gasteiger partial charge in [0.05, 0.1) is 10.5 Å². The quantitative estimate of drug-likeness (QED) is 0.746. The van der Waals surface area contributed by atoms with Gasteiger partial charge in [-0.1, -0.05) is 31.2 Å². The molecule has 0 amide bonds. The monoisotopic (exact) mass is 357 g/mol. The van der Waals surface area contributed by atoms with Crippen LogP contribution in [0.15, 0.2) is 40.9 Å². The lowest BCUT2D eigenvalue weighted by Crippen LogP contribution is -2.24. The summed E-state index contributed by atoms with van der Waals surface area (Å²) in [5.41, 5.74) is 0.866. The molecule has 1 N–H and O–H groups in total. The van der Waals surface area contributed by atoms with Crippen LogP contribution in [-0.4, -0.2) is 6.54 Å². The first-order valence-corrected chi connectivity index (χ1v) is 7.46. The number of hydrogen-bond donors (Lipinski definition) is 1. The zero-order valence-electron chi connectivity index (χ0n) is 11.5. The number of hydrogen-bond acceptors (Lipinski definition) is 1. The van der Waals surface area contributed by atoms with E-state index in [1.165, 1.54) is 12.1 Å². The Morgan fingerprint density at radius 1 is 1.00 bits per heavy atom. The Hall–Kier alpha value is -1.33. The molecule has 0 aromatic heterocycles. The SMILES string of the molecule is CCCNC(c1ccccc1F)c1ccc(F)c(F)c1Br. The molecular weight excluding hydrogens is 343 g/mol. The Morgan fingerprint density at radius 3 is 2.38 bits per heavy atom. The van der Waals surface area contributed by atoms with Gasteiger partial charge in [0.2, 0.25) is 0 Å². The molecule has 0 spiro atoms. The van der Waals surface area contributed by atoms with Crippen molar-refractivity contribution in [2.45, 2.75) is 19.4 Å². The van der Waals surface area contributed by atoms with E-state index >= 15 is 0 Å². The summed E-state index contributed by atoms with van der Waals surface area (Å²) in [6.07, 6.45) is 0.840. The molecule has 1 atom stereocenters. The van der Waals surface area contributed by atoms with Gasteiger partial charge >= 0.3 is 0 Å². The summed E-state index contributed by atoms with van der Waals surface area (Å²) in [5, 5.41) is 3.17. The molecule has 112 valence electrons. The lowest BCUT2D eigenvalue weighted by atomic mass is 9.97. The summed E-state index contributed by atoms with van der Waals surface area (Å²) < 4.78 is 41.1. The number of benzene rings is 2. The van der Waals surface area contributed by atoms with Crippen LogP contribution >= 0.6 is 15.9 Å². The van der Waals surface area contributed by atoms with Crippen LogP contribution in [0.25, 0.3) is 0 Å². The van der Waals surface area contributed by atoms with Crippen molar-refractivity contribution >= 4 is 15.9 Å². The van der Waals surface area contributed by atoms with Gasteiger partial charge in [-0.3, -0.25) is 0 Å². The van der Waals surface area contributed by atoms with E-state index in [4.69, 9.17) is 0 Å². The molecule has 0 saturated carbocycles. The van der Waals surface area contributed by atoms with Crippen molar-refractivity contribution in [3.05, 3.63) is 69.4 Å². The van der Waals surface area contributed by atoms with Gasteiger partial charge in [-0.25, -0.2) is 13.2 Å². The molecule has 2 rings (SSSR count). The van der Waals surface area contributed by atoms with Crippen molar-refractivity contribution in [1.82, 2.24) is 5.32 Å². The van der Waals surface area contributed by atoms with E-state index in [1.807, 2.05) is 6.92 Å². The highest BCUT2D eigenvalue weighted by molar-refractivity contribution is 9.10. The maximum atomic E-state index is 14.0. The molecule has 0 fully saturated rings. The minimum Gasteiger partial charge on any atom is -0.306 e. The van der Waals surface area contributed by atoms with Gasteiger partial charge in [0.25, 0.3) is 0 Å². The third-order valence-corrected chi connectivity index (χ3v) is 4.00. The highest BCUT2D eigenvalue weighted by Gasteiger charge is 2.22. The number of nitrogens with one attached hydrogen (secondary N) is 1. The Morgan fingerprint density at radius 2 is 1.71 bits per heavy atom. The molecule has 0 radical (unpaired) electrons. The van der Waals surface area contributed by atoms with Crippen LogP contribution in [0.4, 0.5) is 13.2 Å². The average molecular weight is 358 g/mol. The van der Waals surface area contributed by atoms with E-state index in [0.29, 0.717) is 17.7 Å². The van der Waals surface area contributed by atoms with Gasteiger partial charge < -0.3 is 5.32 Å². The summed E-state index contributed by atoms with van der Waals surface area (Å²) in [6.45, 7) is 2.61. The summed E-state index contributed by atoms with van der Waals surface area (Å²) >= 11 is 3.07. The molecule has 0 bridgehead atoms. The van der Waals surface area contributed by atoms with Crippen LogP contribution in [0.2, 0.25) is 0 Å². The first kappa shape index (κ1) is 16.0. The van der Waals surface area contributed by atoms with Crippen molar-refractivity contribution in [3.8, 4) is 0 Å². The minimum absolute atomic E-state index is 0.0133. The molecule has 0 aliphatic rings. The van der Waals surface area contributed by atoms with E-state index in [0.717, 1.165) is 12.5 Å². The van der Waals surface area contributed by atoms with E-state index in [-0.39, 0.29) is 10.3 Å². The normalized spacial score (nSPS) is 12.4. The Kier molecular flexibility index (Phi) is 5.42. The maximum Gasteiger partial charge on any atom is 0.173 e. The van der Waals surface area contributed by atoms with Crippen molar-refractivity contribution < 1.29 is 13.2 Å². The van der Waals surface area contributed by atoms with Gasteiger partial charge in [-0.05, 0) is 46.6 Å². The summed E-state index contributed by atoms with van der Waals surface area (Å²) in [7, 11) is 0. The molecule has 21 heavy (non-hydrogen) atoms. The van der Waals surface area contributed by atoms with Gasteiger partial charge in [-0.2, -0.15) is 0 Å². The molecule has 2 aromatic carbocycles. The first-order chi connectivity index (χ1) is 10.1. The van der Waals surface area contributed by atoms with Gasteiger partial charge in [0.1, 0.15) is 5.82 Å². The predicted octanol–water partition coefficient (Wildman–Crippen LogP) is 4.96. The molecule has 0 aliphatic carbocycles. The average Bonchev–Trinajstić information content (AvgIpc) is 2.48. The third-order valence-electron chi connectivity index (χ3n) is 3.19. The second-order valence-corrected chi connectivity index (χ2v) is 5.47. The highest BCUT2D eigenvalue weighted by Crippen LogP contribution is 2.32. The molecule has 1 nitrogen and oxygen atoms in total. The Labute approximate surface area is 130 Å². The molecule has 2 aromatic rings. The zero-order chi connectivity index (χ0) is 15.4. The largest absolute Gasteiger partial charge is 0.306 e. The van der Waals surface area contributed by atoms with E-state index in [1.54, 1.807) is 18.2 Å². The van der Waals surface area contributed by atoms with Crippen LogP contribution in [0.3, 0.4) is 0 Å². The van der Waals surface area contributed by atoms with Crippen LogP contribution in [0.5, 0.6) is 0 Å². The van der Waals surface area contributed by atoms with Crippen molar-refractivity contribution in [2.75, 3.05) is 6.54 Å². The molecule has 1 unspecified atom stereocenters. The van der Waals surface area contributed by atoms with E-state index < -0.39 is 17.7 Å². The second-order valence-electron chi connectivity index (χ2n) is 4.67. The molecular formula is C16H15BrF3N. The third kappa shape index (κ3) is 3.47. The standard InChI is InChI=1S/C16H15BrF3N/c1-2-9-21-16(10-5-3-4-6-12(10)18)11-7-8-13(19)15(20)14(11)17/h3-8,16,21H,2,9H2,1H3. The predicted molar refractivity (Wildman–Crippen MR) is 80.6 cm³/mol. The lowest BCUT2D eigenvalue weighted by molar-refractivity contribution is 0.495. The molecule has 0 heterocycles. The summed E-state index contributed by atoms with van der Waals surface area (Å²) in [6, 6.07) is 8.26. The van der Waals surface area contributed by atoms with Crippen molar-refractivity contribution in [3.63, 3.8) is 0 Å². The second kappa shape index (κ2) is 7.09. The van der Waals surface area contributed by atoms with Gasteiger partial charge in [-0.15, -0.1) is 0 Å². The Balaban J connectivity index is 2.51. The molecule has 0 aliphatic heterocycles. The smallest absolute Gasteiger partial charge is 0.173 e. The maximum absolute atomic E-state index is 14.0. The van der Waals surface area contributed by atoms with Crippen molar-refractivity contribution in [1.29, 1.82) is 0 Å². The Bertz CT molecular complexity index is 631. The van der Waals surface area contributed by atoms with E-state index in [2.05, 4.69) is 21.2 Å². The number of rotatable bonds is 5. The van der Waals surface area contributed by atoms with Gasteiger partial charge in [0, 0.05) is 5.56 Å². The zero-order valence-corrected chi connectivity index (χ0v) is 13.1. The molecule has 5 heteroatoms. The first-order valence-electron chi connectivity index (χ1n) is 6.67. The van der Waals surface area contributed by atoms with Crippen LogP contribution in [-0.2, 0) is 0 Å². The summed E-state index contributed by atoms with van der Waals surface area (Å²) in [5.74, 6) is -2.29. The fourth-order valence-electron chi connectivity index (χ4n) is 2.15. The van der Waals surface area contributed by atoms with Gasteiger partial charge in [0.15, 0.2) is 11.6 Å². The van der Waals surface area contributed by atoms with Crippen LogP contribution in [0.1, 0.15) is 30.5 Å². The van der Waals surface area contributed by atoms with Crippen molar-refractivity contribution in [2.24, 2.45) is 0 Å². The highest BCUT2D eigenvalue weighted by atomic mass is 79.9. The number of halogens is 4. The fraction of sp³-hybridized carbons (Fsp3) is 0.250. The van der Waals surface area contributed by atoms with E-state index in [9.17, 15) is 13.2 Å². The van der Waals surface area contributed by atoms with Crippen LogP contribution in [0, 0.1) is 17.5 Å². The van der Waals surface area contributed by atoms with Crippen LogP contribution < -0.4 is 5.32 Å². The molecule has 0 saturated heterocycles. The topological polar surface area (TPSA) is 12.0 Å².